The summed E-state index contributed by atoms with van der Waals surface area (Å²) in [6, 6.07) is 12.7. The topological polar surface area (TPSA) is 81.4 Å². The molecule has 0 radical (unpaired) electrons. The molecule has 0 fully saturated rings. The monoisotopic (exact) mass is 364 g/mol. The van der Waals surface area contributed by atoms with Gasteiger partial charge in [-0.05, 0) is 53.6 Å². The van der Waals surface area contributed by atoms with Crippen molar-refractivity contribution in [3.8, 4) is 17.3 Å². The smallest absolute Gasteiger partial charge is 0.335 e. The Morgan fingerprint density at radius 1 is 1.19 bits per heavy atom. The van der Waals surface area contributed by atoms with Crippen molar-refractivity contribution < 1.29 is 14.7 Å². The molecule has 0 aliphatic carbocycles. The van der Waals surface area contributed by atoms with Crippen molar-refractivity contribution >= 4 is 11.9 Å². The zero-order valence-corrected chi connectivity index (χ0v) is 16.1. The molecule has 2 aromatic rings. The molecule has 2 aromatic carbocycles. The standard InChI is InChI=1S/C22H24N2O3/c1-14(2)10-20(21(25)24(4)13-23)17-7-5-6-16(12-17)19-9-8-18(22(26)27)11-15(19)3/h5-9,11-12,14,20H,10H2,1-4H3,(H,26,27). The second kappa shape index (κ2) is 8.50. The second-order valence-electron chi connectivity index (χ2n) is 7.14. The van der Waals surface area contributed by atoms with E-state index in [1.807, 2.05) is 51.2 Å². The first-order valence-electron chi connectivity index (χ1n) is 8.86. The second-order valence-corrected chi connectivity index (χ2v) is 7.14. The van der Waals surface area contributed by atoms with Crippen molar-refractivity contribution in [2.75, 3.05) is 7.05 Å². The fourth-order valence-corrected chi connectivity index (χ4v) is 3.18. The van der Waals surface area contributed by atoms with Crippen LogP contribution in [0.2, 0.25) is 0 Å². The van der Waals surface area contributed by atoms with Crippen molar-refractivity contribution in [2.45, 2.75) is 33.1 Å². The third-order valence-electron chi connectivity index (χ3n) is 4.56. The van der Waals surface area contributed by atoms with Crippen LogP contribution in [0.5, 0.6) is 0 Å². The molecule has 27 heavy (non-hydrogen) atoms. The lowest BCUT2D eigenvalue weighted by Gasteiger charge is -2.21. The fraction of sp³-hybridized carbons (Fsp3) is 0.318. The van der Waals surface area contributed by atoms with Crippen LogP contribution in [-0.2, 0) is 4.79 Å². The van der Waals surface area contributed by atoms with Gasteiger partial charge in [0.2, 0.25) is 5.91 Å². The average molecular weight is 364 g/mol. The molecule has 0 saturated carbocycles. The molecular formula is C22H24N2O3. The summed E-state index contributed by atoms with van der Waals surface area (Å²) in [4.78, 5) is 24.9. The van der Waals surface area contributed by atoms with Crippen LogP contribution < -0.4 is 0 Å². The van der Waals surface area contributed by atoms with Gasteiger partial charge in [0, 0.05) is 7.05 Å². The third kappa shape index (κ3) is 4.73. The number of hydrogen-bond donors (Lipinski definition) is 1. The van der Waals surface area contributed by atoms with Crippen LogP contribution in [0, 0.1) is 24.3 Å². The maximum Gasteiger partial charge on any atom is 0.335 e. The summed E-state index contributed by atoms with van der Waals surface area (Å²) in [5, 5.41) is 18.2. The Balaban J connectivity index is 2.47. The molecule has 1 unspecified atom stereocenters. The van der Waals surface area contributed by atoms with E-state index in [9.17, 15) is 9.59 Å². The first kappa shape index (κ1) is 20.2. The molecule has 2 rings (SSSR count). The minimum atomic E-state index is -0.958. The third-order valence-corrected chi connectivity index (χ3v) is 4.56. The molecule has 0 aliphatic rings. The lowest BCUT2D eigenvalue weighted by atomic mass is 9.87. The molecular weight excluding hydrogens is 340 g/mol. The van der Waals surface area contributed by atoms with E-state index in [1.165, 1.54) is 7.05 Å². The van der Waals surface area contributed by atoms with Crippen molar-refractivity contribution in [1.82, 2.24) is 4.90 Å². The van der Waals surface area contributed by atoms with Crippen molar-refractivity contribution in [3.63, 3.8) is 0 Å². The largest absolute Gasteiger partial charge is 0.478 e. The minimum Gasteiger partial charge on any atom is -0.478 e. The number of hydrogen-bond acceptors (Lipinski definition) is 3. The van der Waals surface area contributed by atoms with Gasteiger partial charge in [-0.2, -0.15) is 5.26 Å². The van der Waals surface area contributed by atoms with E-state index in [4.69, 9.17) is 10.4 Å². The van der Waals surface area contributed by atoms with E-state index in [1.54, 1.807) is 18.2 Å². The first-order valence-corrected chi connectivity index (χ1v) is 8.86. The maximum atomic E-state index is 12.7. The zero-order chi connectivity index (χ0) is 20.1. The van der Waals surface area contributed by atoms with Crippen molar-refractivity contribution in [3.05, 3.63) is 59.2 Å². The Hall–Kier alpha value is -3.13. The van der Waals surface area contributed by atoms with Gasteiger partial charge in [0.05, 0.1) is 11.5 Å². The van der Waals surface area contributed by atoms with Crippen LogP contribution >= 0.6 is 0 Å². The maximum absolute atomic E-state index is 12.7. The number of nitriles is 1. The fourth-order valence-electron chi connectivity index (χ4n) is 3.18. The number of carbonyl (C=O) groups is 2. The van der Waals surface area contributed by atoms with Crippen LogP contribution in [0.1, 0.15) is 47.7 Å². The van der Waals surface area contributed by atoms with Crippen molar-refractivity contribution in [1.29, 1.82) is 5.26 Å². The van der Waals surface area contributed by atoms with Gasteiger partial charge < -0.3 is 5.11 Å². The number of rotatable bonds is 6. The van der Waals surface area contributed by atoms with Gasteiger partial charge in [-0.25, -0.2) is 4.79 Å². The van der Waals surface area contributed by atoms with E-state index >= 15 is 0 Å². The highest BCUT2D eigenvalue weighted by Gasteiger charge is 2.25. The van der Waals surface area contributed by atoms with Crippen molar-refractivity contribution in [2.24, 2.45) is 5.92 Å². The van der Waals surface area contributed by atoms with E-state index < -0.39 is 11.9 Å². The van der Waals surface area contributed by atoms with Gasteiger partial charge in [-0.1, -0.05) is 44.2 Å². The summed E-state index contributed by atoms with van der Waals surface area (Å²) >= 11 is 0. The molecule has 1 atom stereocenters. The van der Waals surface area contributed by atoms with Gasteiger partial charge in [0.1, 0.15) is 0 Å². The minimum absolute atomic E-state index is 0.221. The Bertz CT molecular complexity index is 897. The SMILES string of the molecule is Cc1cc(C(=O)O)ccc1-c1cccc(C(CC(C)C)C(=O)N(C)C#N)c1. The highest BCUT2D eigenvalue weighted by molar-refractivity contribution is 5.89. The summed E-state index contributed by atoms with van der Waals surface area (Å²) in [6.45, 7) is 5.96. The van der Waals surface area contributed by atoms with Gasteiger partial charge in [-0.15, -0.1) is 0 Å². The first-order chi connectivity index (χ1) is 12.7. The lowest BCUT2D eigenvalue weighted by molar-refractivity contribution is -0.129. The molecule has 0 bridgehead atoms. The lowest BCUT2D eigenvalue weighted by Crippen LogP contribution is -2.28. The van der Waals surface area contributed by atoms with E-state index in [2.05, 4.69) is 0 Å². The van der Waals surface area contributed by atoms with Crippen LogP contribution in [0.4, 0.5) is 0 Å². The predicted molar refractivity (Wildman–Crippen MR) is 104 cm³/mol. The molecule has 140 valence electrons. The van der Waals surface area contributed by atoms with Gasteiger partial charge in [-0.3, -0.25) is 9.69 Å². The van der Waals surface area contributed by atoms with E-state index in [0.717, 1.165) is 27.2 Å². The molecule has 0 heterocycles. The predicted octanol–water partition coefficient (Wildman–Crippen LogP) is 4.43. The normalized spacial score (nSPS) is 11.7. The summed E-state index contributed by atoms with van der Waals surface area (Å²) < 4.78 is 0. The molecule has 0 aromatic heterocycles. The van der Waals surface area contributed by atoms with E-state index in [-0.39, 0.29) is 11.5 Å². The van der Waals surface area contributed by atoms with Crippen LogP contribution in [0.25, 0.3) is 11.1 Å². The quantitative estimate of drug-likeness (QED) is 0.607. The summed E-state index contributed by atoms with van der Waals surface area (Å²) in [7, 11) is 1.48. The number of benzene rings is 2. The molecule has 0 aliphatic heterocycles. The van der Waals surface area contributed by atoms with E-state index in [0.29, 0.717) is 12.3 Å². The zero-order valence-electron chi connectivity index (χ0n) is 16.1. The number of carboxylic acids is 1. The van der Waals surface area contributed by atoms with Crippen LogP contribution in [0.15, 0.2) is 42.5 Å². The highest BCUT2D eigenvalue weighted by atomic mass is 16.4. The number of amides is 1. The highest BCUT2D eigenvalue weighted by Crippen LogP contribution is 2.31. The van der Waals surface area contributed by atoms with Crippen LogP contribution in [-0.4, -0.2) is 28.9 Å². The number of aromatic carboxylic acids is 1. The molecule has 0 saturated heterocycles. The summed E-state index contributed by atoms with van der Waals surface area (Å²) in [6.07, 6.45) is 2.53. The number of likely N-dealkylation sites (N-methyl/N-ethyl adjacent to an activating group) is 1. The number of aryl methyl sites for hydroxylation is 1. The van der Waals surface area contributed by atoms with Gasteiger partial charge >= 0.3 is 5.97 Å². The molecule has 0 spiro atoms. The Kier molecular flexibility index (Phi) is 6.36. The molecule has 5 heteroatoms. The van der Waals surface area contributed by atoms with Gasteiger partial charge in [0.15, 0.2) is 6.19 Å². The molecule has 5 nitrogen and oxygen atoms in total. The summed E-state index contributed by atoms with van der Waals surface area (Å²) in [5.41, 5.74) is 3.80. The average Bonchev–Trinajstić information content (AvgIpc) is 2.64. The molecule has 1 N–H and O–H groups in total. The van der Waals surface area contributed by atoms with Crippen LogP contribution in [0.3, 0.4) is 0 Å². The van der Waals surface area contributed by atoms with Gasteiger partial charge in [0.25, 0.3) is 0 Å². The number of carbonyl (C=O) groups excluding carboxylic acids is 1. The Morgan fingerprint density at radius 2 is 1.89 bits per heavy atom. The summed E-state index contributed by atoms with van der Waals surface area (Å²) in [5.74, 6) is -1.28. The Morgan fingerprint density at radius 3 is 2.44 bits per heavy atom. The number of nitrogens with zero attached hydrogens (tertiary/aromatic N) is 2. The number of carboxylic acid groups (broad SMARTS) is 1. The Labute approximate surface area is 159 Å². The molecule has 1 amide bonds.